The number of nitrogens with one attached hydrogen (secondary N) is 15. The number of fused-ring (bicyclic) bond motifs is 13. The number of cyclic esters (lactones) is 1. The largest absolute Gasteiger partial charge is 0.508 e. The number of amides is 15. The second kappa shape index (κ2) is 44.8. The van der Waals surface area contributed by atoms with E-state index in [-0.39, 0.29) is 82.4 Å². The van der Waals surface area contributed by atoms with Gasteiger partial charge in [-0.15, -0.1) is 0 Å². The van der Waals surface area contributed by atoms with Crippen molar-refractivity contribution in [2.45, 2.75) is 222 Å². The van der Waals surface area contributed by atoms with Crippen LogP contribution in [0.3, 0.4) is 0 Å². The highest BCUT2D eigenvalue weighted by Crippen LogP contribution is 2.25. The van der Waals surface area contributed by atoms with Gasteiger partial charge < -0.3 is 114 Å². The molecule has 0 saturated carbocycles. The lowest BCUT2D eigenvalue weighted by Crippen LogP contribution is -2.63. The lowest BCUT2D eigenvalue weighted by atomic mass is 9.96. The number of aliphatic hydroxyl groups excluding tert-OH is 1. The lowest BCUT2D eigenvalue weighted by molar-refractivity contribution is -0.155. The Morgan fingerprint density at radius 2 is 1.19 bits per heavy atom. The van der Waals surface area contributed by atoms with E-state index in [9.17, 15) is 58.8 Å². The number of aliphatic hydroxyl groups is 1. The Labute approximate surface area is 711 Å². The van der Waals surface area contributed by atoms with Gasteiger partial charge >= 0.3 is 17.9 Å². The first kappa shape index (κ1) is 94.3. The topological polar surface area (TPSA) is 594 Å². The average molecular weight is 1720 g/mol. The number of para-hydroxylation sites is 1. The summed E-state index contributed by atoms with van der Waals surface area (Å²) in [7, 11) is 0. The van der Waals surface area contributed by atoms with Crippen LogP contribution in [0.4, 0.5) is 0 Å². The Kier molecular flexibility index (Phi) is 34.1. The van der Waals surface area contributed by atoms with Crippen molar-refractivity contribution in [1.29, 1.82) is 0 Å². The third kappa shape index (κ3) is 27.2. The fraction of sp³-hybridized carbons (Fsp3) is 0.476. The van der Waals surface area contributed by atoms with Crippen LogP contribution in [-0.4, -0.2) is 254 Å². The van der Waals surface area contributed by atoms with Gasteiger partial charge in [-0.2, -0.15) is 0 Å². The summed E-state index contributed by atoms with van der Waals surface area (Å²) in [6, 6.07) is 2.32. The number of esters is 2. The molecule has 4 fully saturated rings. The monoisotopic (exact) mass is 1720 g/mol. The molecule has 19 N–H and O–H groups in total. The average Bonchev–Trinajstić information content (AvgIpc) is 1.63. The van der Waals surface area contributed by atoms with Crippen molar-refractivity contribution < 1.29 is 116 Å². The Balaban J connectivity index is 1.17. The van der Waals surface area contributed by atoms with Crippen molar-refractivity contribution in [3.05, 3.63) is 132 Å². The first-order chi connectivity index (χ1) is 59.1. The van der Waals surface area contributed by atoms with Gasteiger partial charge in [-0.1, -0.05) is 93.1 Å². The number of aromatic amines is 1. The number of carbonyl (C=O) groups is 18. The normalized spacial score (nSPS) is 24.1. The minimum atomic E-state index is -2.29. The summed E-state index contributed by atoms with van der Waals surface area (Å²) in [6.45, 7) is 4.11. The molecule has 5 heterocycles. The van der Waals surface area contributed by atoms with Crippen molar-refractivity contribution in [2.24, 2.45) is 5.92 Å². The van der Waals surface area contributed by atoms with Crippen molar-refractivity contribution in [3.8, 4) is 11.5 Å². The number of aromatic hydroxyl groups is 2. The summed E-state index contributed by atoms with van der Waals surface area (Å²) in [5.74, 6) is -22.0. The van der Waals surface area contributed by atoms with Crippen molar-refractivity contribution in [2.75, 3.05) is 26.2 Å². The van der Waals surface area contributed by atoms with E-state index in [4.69, 9.17) is 9.47 Å². The van der Waals surface area contributed by atoms with Crippen LogP contribution in [0.2, 0.25) is 0 Å². The molecule has 1 aromatic heterocycles. The lowest BCUT2D eigenvalue weighted by Gasteiger charge is -2.32. The molecule has 40 heteroatoms. The van der Waals surface area contributed by atoms with Crippen molar-refractivity contribution >= 4 is 117 Å². The molecule has 0 unspecified atom stereocenters. The number of carboxylic acid groups (broad SMARTS) is 1. The number of carbonyl (C=O) groups excluding carboxylic acids is 17. The zero-order chi connectivity index (χ0) is 90.0. The predicted octanol–water partition coefficient (Wildman–Crippen LogP) is -2.94. The highest BCUT2D eigenvalue weighted by Gasteiger charge is 2.44. The molecular formula is C84H106N16O24. The van der Waals surface area contributed by atoms with Crippen LogP contribution in [0, 0.1) is 5.92 Å². The minimum absolute atomic E-state index is 0.00917. The van der Waals surface area contributed by atoms with E-state index < -0.39 is 255 Å². The molecule has 15 amide bonds. The molecule has 40 nitrogen and oxygen atoms in total. The molecular weight excluding hydrogens is 1620 g/mol. The summed E-state index contributed by atoms with van der Waals surface area (Å²) in [5.41, 5.74) is 2.17. The molecule has 0 radical (unpaired) electrons. The molecule has 0 spiro atoms. The number of phenolic OH excluding ortho intramolecular Hbond substituents is 2. The van der Waals surface area contributed by atoms with Gasteiger partial charge in [-0.25, -0.2) is 4.79 Å². The maximum absolute atomic E-state index is 15.6. The number of H-pyrrole nitrogens is 1. The molecule has 4 saturated heterocycles. The number of nitrogens with zero attached hydrogens (tertiary/aromatic N) is 1. The van der Waals surface area contributed by atoms with Gasteiger partial charge in [0.2, 0.25) is 88.6 Å². The van der Waals surface area contributed by atoms with Crippen LogP contribution in [0.1, 0.15) is 128 Å². The van der Waals surface area contributed by atoms with Crippen LogP contribution in [0.5, 0.6) is 11.5 Å². The highest BCUT2D eigenvalue weighted by atomic mass is 16.5. The van der Waals surface area contributed by atoms with Gasteiger partial charge in [0.05, 0.1) is 19.1 Å². The van der Waals surface area contributed by atoms with Gasteiger partial charge in [0.1, 0.15) is 103 Å². The molecule has 0 aliphatic carbocycles. The SMILES string of the molecule is CC[C@H](C)[C@@H]1NC(=O)[C@@H](NC(=O)[C@@H](NC(=O)CNC(=O)[C@H](Cc2ccccc2)NC(C)=O)[C@@H](C)O)[C@@H](C)OC(=O)C[C@@H]2NC(=O)[C@@H]3COC(=O)CC[C@H](NC(=O)[C@H](Cc4c[nH]c5ccccc45)NC2=O)C(=O)N[C@H](C(=O)N[C@@H](Cc2ccc(O)cc2)C(=O)O)CCC(=O)NCCCC[C@H](NC1=O)C(=O)N[C@@H](Cc1ccc(O)cc1)C(=O)N1CCC[C@H]1C(=O)N3. The molecule has 666 valence electrons. The highest BCUT2D eigenvalue weighted by molar-refractivity contribution is 6.02. The Morgan fingerprint density at radius 1 is 0.573 bits per heavy atom. The third-order valence-corrected chi connectivity index (χ3v) is 21.7. The molecule has 4 aliphatic rings. The Hall–Kier alpha value is -13.6. The van der Waals surface area contributed by atoms with E-state index >= 15 is 47.9 Å². The molecule has 4 bridgehead atoms. The van der Waals surface area contributed by atoms with Gasteiger partial charge in [0.25, 0.3) is 0 Å². The fourth-order valence-corrected chi connectivity index (χ4v) is 14.6. The number of carboxylic acids is 1. The molecule has 124 heavy (non-hydrogen) atoms. The maximum Gasteiger partial charge on any atom is 0.326 e. The number of benzene rings is 4. The zero-order valence-corrected chi connectivity index (χ0v) is 69.0. The van der Waals surface area contributed by atoms with Gasteiger partial charge in [-0.3, -0.25) is 81.5 Å². The summed E-state index contributed by atoms with van der Waals surface area (Å²) in [6.07, 6.45) is -7.83. The van der Waals surface area contributed by atoms with E-state index in [1.807, 2.05) is 0 Å². The molecule has 5 aromatic rings. The molecule has 16 atom stereocenters. The quantitative estimate of drug-likeness (QED) is 0.0327. The number of aromatic nitrogens is 1. The van der Waals surface area contributed by atoms with Crippen LogP contribution in [0.15, 0.2) is 109 Å². The van der Waals surface area contributed by atoms with Crippen molar-refractivity contribution in [3.63, 3.8) is 0 Å². The van der Waals surface area contributed by atoms with E-state index in [2.05, 4.69) is 79.4 Å². The smallest absolute Gasteiger partial charge is 0.326 e. The van der Waals surface area contributed by atoms with Crippen LogP contribution in [0.25, 0.3) is 10.9 Å². The second-order valence-electron chi connectivity index (χ2n) is 31.1. The number of rotatable bonds is 21. The van der Waals surface area contributed by atoms with E-state index in [0.29, 0.717) is 33.2 Å². The Bertz CT molecular complexity index is 4740. The number of ether oxygens (including phenoxy) is 2. The minimum Gasteiger partial charge on any atom is -0.508 e. The molecule has 4 aromatic carbocycles. The summed E-state index contributed by atoms with van der Waals surface area (Å²) in [5, 5.41) is 77.6. The summed E-state index contributed by atoms with van der Waals surface area (Å²) >= 11 is 0. The van der Waals surface area contributed by atoms with E-state index in [1.54, 1.807) is 61.5 Å². The number of hydrogen-bond acceptors (Lipinski definition) is 23. The van der Waals surface area contributed by atoms with Crippen LogP contribution < -0.4 is 74.4 Å². The fourth-order valence-electron chi connectivity index (χ4n) is 14.6. The summed E-state index contributed by atoms with van der Waals surface area (Å²) in [4.78, 5) is 268. The molecule has 4 aliphatic heterocycles. The second-order valence-corrected chi connectivity index (χ2v) is 31.1. The predicted molar refractivity (Wildman–Crippen MR) is 438 cm³/mol. The molecule has 9 rings (SSSR count). The van der Waals surface area contributed by atoms with Crippen LogP contribution >= 0.6 is 0 Å². The number of phenols is 2. The third-order valence-electron chi connectivity index (χ3n) is 21.7. The zero-order valence-electron chi connectivity index (χ0n) is 69.0. The van der Waals surface area contributed by atoms with Gasteiger partial charge in [0, 0.05) is 75.6 Å². The maximum atomic E-state index is 15.6. The van der Waals surface area contributed by atoms with Gasteiger partial charge in [0.15, 0.2) is 0 Å². The standard InChI is InChI=1S/C84H106N16O24/c1-6-43(2)69-80(117)91-55-19-12-13-33-85-65(105)31-29-56(75(112)95-62(84(121)122)37-49-23-27-52(104)28-24-49)89-74(111)57-30-32-67(107)123-42-63(96-79(116)64-20-14-34-100(64)83(120)61(94-73(55)110)36-48-21-25-51(103)26-22-48)78(115)93-60(77(114)92-59(76(113)90-57)38-50-40-86-54-18-11-10-17-53(50)54)39-68(108)124-45(4)71(82(119)98-69)99-81(118)70(44(3)101)97-66(106)41-87-72(109)58(88-46(5)102)35-47-15-8-7-9-16-47/h7-11,15-18,21-28,40,43-45,55-64,69-71,86,101,103-104H,6,12-14,19-20,29-39,41-42H2,1-5H3,(H,85,105)(H,87,109)(H,88,102)(H,89,111)(H,90,113)(H,91,117)(H,92,114)(H,93,115)(H,94,110)(H,95,112)(H,96,116)(H,97,106)(H,98,119)(H,99,118)(H,121,122)/t43-,44+,45+,55-,56-,57-,58-,59-,60-,61-,62-,63-,64-,69-,70-,71-/m0/s1. The first-order valence-electron chi connectivity index (χ1n) is 41.0. The summed E-state index contributed by atoms with van der Waals surface area (Å²) < 4.78 is 11.6. The Morgan fingerprint density at radius 3 is 1.87 bits per heavy atom. The van der Waals surface area contributed by atoms with E-state index in [1.165, 1.54) is 68.6 Å². The number of aliphatic carboxylic acids is 1. The van der Waals surface area contributed by atoms with Gasteiger partial charge in [-0.05, 0) is 117 Å². The first-order valence-corrected chi connectivity index (χ1v) is 41.0. The van der Waals surface area contributed by atoms with E-state index in [0.717, 1.165) is 18.7 Å². The van der Waals surface area contributed by atoms with Crippen LogP contribution in [-0.2, 0) is 121 Å². The number of hydrogen-bond donors (Lipinski definition) is 19. The van der Waals surface area contributed by atoms with Crippen molar-refractivity contribution in [1.82, 2.24) is 84.3 Å².